The van der Waals surface area contributed by atoms with Gasteiger partial charge >= 0.3 is 5.56 Å². The summed E-state index contributed by atoms with van der Waals surface area (Å²) >= 11 is 0. The van der Waals surface area contributed by atoms with Crippen LogP contribution in [0, 0.1) is 13.8 Å². The molecule has 7 heteroatoms. The average Bonchev–Trinajstić information content (AvgIpc) is 3.20. The van der Waals surface area contributed by atoms with Gasteiger partial charge in [-0.25, -0.2) is 0 Å². The number of fused-ring (bicyclic) bond motifs is 1. The minimum Gasteiger partial charge on any atom is -0.350 e. The first-order valence-corrected chi connectivity index (χ1v) is 10.8. The number of aryl methyl sites for hydroxylation is 3. The number of carbonyl (C=O) groups is 1. The summed E-state index contributed by atoms with van der Waals surface area (Å²) < 4.78 is 3.29. The van der Waals surface area contributed by atoms with E-state index in [1.165, 1.54) is 5.56 Å². The number of nitrogens with one attached hydrogen (secondary N) is 1. The maximum absolute atomic E-state index is 13.0. The van der Waals surface area contributed by atoms with Crippen LogP contribution in [0.4, 0.5) is 0 Å². The molecule has 32 heavy (non-hydrogen) atoms. The van der Waals surface area contributed by atoms with Gasteiger partial charge in [0.2, 0.25) is 11.6 Å². The second kappa shape index (κ2) is 9.18. The topological polar surface area (TPSA) is 81.3 Å². The average molecular weight is 430 g/mol. The summed E-state index contributed by atoms with van der Waals surface area (Å²) in [4.78, 5) is 25.3. The van der Waals surface area contributed by atoms with Crippen LogP contribution in [0.15, 0.2) is 65.7 Å². The van der Waals surface area contributed by atoms with Gasteiger partial charge in [-0.15, -0.1) is 10.2 Å². The van der Waals surface area contributed by atoms with Gasteiger partial charge < -0.3 is 5.32 Å². The number of benzene rings is 2. The summed E-state index contributed by atoms with van der Waals surface area (Å²) in [5.41, 5.74) is 4.23. The van der Waals surface area contributed by atoms with Gasteiger partial charge in [0.25, 0.3) is 0 Å². The number of amides is 1. The molecule has 1 N–H and O–H groups in total. The molecule has 0 aliphatic heterocycles. The second-order valence-corrected chi connectivity index (χ2v) is 8.11. The van der Waals surface area contributed by atoms with Crippen molar-refractivity contribution in [3.8, 4) is 5.69 Å². The summed E-state index contributed by atoms with van der Waals surface area (Å²) in [6.07, 6.45) is 5.10. The van der Waals surface area contributed by atoms with Crippen molar-refractivity contribution >= 4 is 11.6 Å². The van der Waals surface area contributed by atoms with Crippen molar-refractivity contribution in [2.45, 2.75) is 46.1 Å². The predicted octanol–water partition coefficient (Wildman–Crippen LogP) is 3.70. The van der Waals surface area contributed by atoms with Gasteiger partial charge in [0, 0.05) is 30.9 Å². The Hall–Kier alpha value is -3.74. The molecule has 164 valence electrons. The fourth-order valence-electron chi connectivity index (χ4n) is 3.73. The van der Waals surface area contributed by atoms with E-state index < -0.39 is 0 Å². The number of aromatic nitrogens is 4. The zero-order valence-corrected chi connectivity index (χ0v) is 18.6. The number of hydrogen-bond acceptors (Lipinski definition) is 4. The van der Waals surface area contributed by atoms with E-state index in [2.05, 4.69) is 15.5 Å². The zero-order chi connectivity index (χ0) is 22.7. The molecule has 0 aliphatic carbocycles. The lowest BCUT2D eigenvalue weighted by Gasteiger charge is -2.14. The summed E-state index contributed by atoms with van der Waals surface area (Å²) in [6.45, 7) is 6.03. The third kappa shape index (κ3) is 4.46. The molecular formula is C25H27N5O2. The van der Waals surface area contributed by atoms with Gasteiger partial charge in [-0.1, -0.05) is 36.4 Å². The summed E-state index contributed by atoms with van der Waals surface area (Å²) in [7, 11) is 0. The smallest absolute Gasteiger partial charge is 0.300 e. The summed E-state index contributed by atoms with van der Waals surface area (Å²) in [6, 6.07) is 15.7. The van der Waals surface area contributed by atoms with Crippen LogP contribution in [0.25, 0.3) is 11.3 Å². The quantitative estimate of drug-likeness (QED) is 0.486. The van der Waals surface area contributed by atoms with E-state index >= 15 is 0 Å². The maximum atomic E-state index is 13.0. The molecule has 1 amide bonds. The lowest BCUT2D eigenvalue weighted by molar-refractivity contribution is -0.121. The number of carbonyl (C=O) groups excluding carboxylic acids is 1. The highest BCUT2D eigenvalue weighted by molar-refractivity contribution is 5.76. The molecule has 1 atom stereocenters. The largest absolute Gasteiger partial charge is 0.350 e. The molecule has 0 unspecified atom stereocenters. The lowest BCUT2D eigenvalue weighted by atomic mass is 10.1. The Morgan fingerprint density at radius 3 is 2.56 bits per heavy atom. The standard InChI is InChI=1S/C25H27N5O2/c1-17-12-13-21(16-18(17)2)29-14-15-30-22(27-28-24(30)25(29)32)10-7-11-23(31)26-19(3)20-8-5-4-6-9-20/h4-6,8-9,12-16,19H,7,10-11H2,1-3H3,(H,26,31)/t19-/m1/s1. The molecule has 4 aromatic rings. The monoisotopic (exact) mass is 429 g/mol. The predicted molar refractivity (Wildman–Crippen MR) is 124 cm³/mol. The van der Waals surface area contributed by atoms with Crippen molar-refractivity contribution in [3.63, 3.8) is 0 Å². The van der Waals surface area contributed by atoms with E-state index in [0.717, 1.165) is 16.8 Å². The van der Waals surface area contributed by atoms with Crippen LogP contribution in [0.2, 0.25) is 0 Å². The molecular weight excluding hydrogens is 402 g/mol. The van der Waals surface area contributed by atoms with Crippen molar-refractivity contribution in [2.24, 2.45) is 0 Å². The number of hydrogen-bond donors (Lipinski definition) is 1. The van der Waals surface area contributed by atoms with Crippen molar-refractivity contribution in [1.82, 2.24) is 24.5 Å². The van der Waals surface area contributed by atoms with Gasteiger partial charge in [0.15, 0.2) is 0 Å². The molecule has 0 aliphatic rings. The van der Waals surface area contributed by atoms with E-state index in [1.54, 1.807) is 21.4 Å². The molecule has 2 aromatic heterocycles. The van der Waals surface area contributed by atoms with Gasteiger partial charge in [-0.05, 0) is 56.0 Å². The third-order valence-electron chi connectivity index (χ3n) is 5.79. The lowest BCUT2D eigenvalue weighted by Crippen LogP contribution is -2.26. The highest BCUT2D eigenvalue weighted by Crippen LogP contribution is 2.14. The van der Waals surface area contributed by atoms with Crippen LogP contribution in [-0.4, -0.2) is 25.1 Å². The summed E-state index contributed by atoms with van der Waals surface area (Å²) in [5, 5.41) is 11.3. The van der Waals surface area contributed by atoms with Crippen LogP contribution in [0.1, 0.15) is 48.3 Å². The molecule has 0 radical (unpaired) electrons. The first kappa shape index (κ1) is 21.5. The van der Waals surface area contributed by atoms with Gasteiger partial charge in [0.1, 0.15) is 5.82 Å². The first-order valence-electron chi connectivity index (χ1n) is 10.8. The molecule has 4 rings (SSSR count). The number of nitrogens with zero attached hydrogens (tertiary/aromatic N) is 4. The Kier molecular flexibility index (Phi) is 6.16. The van der Waals surface area contributed by atoms with Crippen LogP contribution >= 0.6 is 0 Å². The second-order valence-electron chi connectivity index (χ2n) is 8.11. The fourth-order valence-corrected chi connectivity index (χ4v) is 3.73. The molecule has 0 saturated heterocycles. The van der Waals surface area contributed by atoms with Crippen LogP contribution < -0.4 is 10.9 Å². The molecule has 0 fully saturated rings. The Bertz CT molecular complexity index is 1310. The molecule has 0 bridgehead atoms. The minimum absolute atomic E-state index is 0.00716. The highest BCUT2D eigenvalue weighted by atomic mass is 16.1. The van der Waals surface area contributed by atoms with Crippen LogP contribution in [0.5, 0.6) is 0 Å². The van der Waals surface area contributed by atoms with Gasteiger partial charge in [-0.3, -0.25) is 18.6 Å². The van der Waals surface area contributed by atoms with E-state index in [4.69, 9.17) is 0 Å². The molecule has 7 nitrogen and oxygen atoms in total. The Balaban J connectivity index is 1.42. The SMILES string of the molecule is Cc1ccc(-n2ccn3c(CCCC(=O)N[C@H](C)c4ccccc4)nnc3c2=O)cc1C. The minimum atomic E-state index is -0.219. The maximum Gasteiger partial charge on any atom is 0.300 e. The Morgan fingerprint density at radius 2 is 1.81 bits per heavy atom. The van der Waals surface area contributed by atoms with Gasteiger partial charge in [0.05, 0.1) is 6.04 Å². The van der Waals surface area contributed by atoms with Crippen molar-refractivity contribution in [3.05, 3.63) is 93.8 Å². The zero-order valence-electron chi connectivity index (χ0n) is 18.6. The Labute approximate surface area is 186 Å². The van der Waals surface area contributed by atoms with Crippen LogP contribution in [0.3, 0.4) is 0 Å². The van der Waals surface area contributed by atoms with E-state index in [-0.39, 0.29) is 23.2 Å². The molecule has 0 saturated carbocycles. The van der Waals surface area contributed by atoms with Crippen molar-refractivity contribution in [1.29, 1.82) is 0 Å². The molecule has 0 spiro atoms. The first-order chi connectivity index (χ1) is 15.4. The van der Waals surface area contributed by atoms with Crippen molar-refractivity contribution < 1.29 is 4.79 Å². The number of rotatable bonds is 7. The summed E-state index contributed by atoms with van der Waals surface area (Å²) in [5.74, 6) is 0.667. The van der Waals surface area contributed by atoms with Crippen LogP contribution in [-0.2, 0) is 11.2 Å². The fraction of sp³-hybridized carbons (Fsp3) is 0.280. The van der Waals surface area contributed by atoms with Crippen molar-refractivity contribution in [2.75, 3.05) is 0 Å². The molecule has 2 heterocycles. The Morgan fingerprint density at radius 1 is 1.03 bits per heavy atom. The highest BCUT2D eigenvalue weighted by Gasteiger charge is 2.13. The van der Waals surface area contributed by atoms with Gasteiger partial charge in [-0.2, -0.15) is 0 Å². The normalized spacial score (nSPS) is 12.1. The van der Waals surface area contributed by atoms with E-state index in [9.17, 15) is 9.59 Å². The van der Waals surface area contributed by atoms with E-state index in [1.807, 2.05) is 69.3 Å². The third-order valence-corrected chi connectivity index (χ3v) is 5.79. The van der Waals surface area contributed by atoms with E-state index in [0.29, 0.717) is 25.1 Å². The molecule has 2 aromatic carbocycles.